The van der Waals surface area contributed by atoms with E-state index in [2.05, 4.69) is 98.4 Å². The predicted octanol–water partition coefficient (Wildman–Crippen LogP) is 7.01. The monoisotopic (exact) mass is 387 g/mol. The molecule has 0 aromatic heterocycles. The van der Waals surface area contributed by atoms with Crippen LogP contribution in [0.1, 0.15) is 59.6 Å². The quantitative estimate of drug-likeness (QED) is 0.442. The van der Waals surface area contributed by atoms with Gasteiger partial charge in [0, 0.05) is 6.04 Å². The molecule has 1 atom stereocenters. The van der Waals surface area contributed by atoms with Gasteiger partial charge in [-0.2, -0.15) is 0 Å². The minimum atomic E-state index is 0.375. The highest BCUT2D eigenvalue weighted by molar-refractivity contribution is 5.82. The lowest BCUT2D eigenvalue weighted by Crippen LogP contribution is -2.26. The molecule has 0 aliphatic carbocycles. The summed E-state index contributed by atoms with van der Waals surface area (Å²) >= 11 is 0. The lowest BCUT2D eigenvalue weighted by molar-refractivity contribution is -0.237. The largest absolute Gasteiger partial charge is 0.303 e. The first-order valence-corrected chi connectivity index (χ1v) is 10.3. The van der Waals surface area contributed by atoms with E-state index in [1.807, 2.05) is 27.7 Å². The Bertz CT molecular complexity index is 563. The zero-order chi connectivity index (χ0) is 21.9. The fraction of sp³-hybridized carbons (Fsp3) is 0.440. The van der Waals surface area contributed by atoms with Crippen molar-refractivity contribution in [1.29, 1.82) is 0 Å². The maximum atomic E-state index is 7.38. The summed E-state index contributed by atoms with van der Waals surface area (Å²) in [5.41, 5.74) is 5.30. The molecule has 0 saturated carbocycles. The third-order valence-electron chi connectivity index (χ3n) is 4.05. The summed E-state index contributed by atoms with van der Waals surface area (Å²) in [6.07, 6.45) is 0. The van der Waals surface area contributed by atoms with Gasteiger partial charge in [0.1, 0.15) is 0 Å². The van der Waals surface area contributed by atoms with E-state index in [1.165, 1.54) is 22.3 Å². The minimum Gasteiger partial charge on any atom is -0.303 e. The van der Waals surface area contributed by atoms with Crippen LogP contribution >= 0.6 is 0 Å². The van der Waals surface area contributed by atoms with Crippen molar-refractivity contribution in [2.45, 2.75) is 54.5 Å². The van der Waals surface area contributed by atoms with Crippen LogP contribution in [0.5, 0.6) is 0 Å². The Kier molecular flexibility index (Phi) is 18.6. The van der Waals surface area contributed by atoms with E-state index in [0.29, 0.717) is 12.6 Å². The molecule has 0 radical (unpaired) electrons. The van der Waals surface area contributed by atoms with Crippen LogP contribution in [-0.4, -0.2) is 36.9 Å². The molecule has 2 rings (SSSR count). The van der Waals surface area contributed by atoms with Crippen molar-refractivity contribution >= 4 is 5.57 Å². The Morgan fingerprint density at radius 3 is 1.43 bits per heavy atom. The maximum Gasteiger partial charge on any atom is 0.0791 e. The van der Waals surface area contributed by atoms with Crippen molar-refractivity contribution in [3.8, 4) is 0 Å². The molecule has 158 valence electrons. The van der Waals surface area contributed by atoms with Gasteiger partial charge in [-0.3, -0.25) is 5.26 Å². The molecule has 2 aromatic rings. The number of hydrogen-bond donors (Lipinski definition) is 1. The van der Waals surface area contributed by atoms with Crippen LogP contribution in [0.2, 0.25) is 0 Å². The van der Waals surface area contributed by atoms with E-state index >= 15 is 0 Å². The van der Waals surface area contributed by atoms with Crippen molar-refractivity contribution in [3.05, 3.63) is 77.4 Å². The molecule has 0 aliphatic rings. The molecule has 0 fully saturated rings. The SMILES string of the molecule is CC.CC.CC(=C(c1ccccc1)c1ccccc1)C(C)N(C)C.CCOO. The third kappa shape index (κ3) is 10.4. The smallest absolute Gasteiger partial charge is 0.0791 e. The molecule has 0 saturated heterocycles. The Morgan fingerprint density at radius 2 is 1.18 bits per heavy atom. The molecule has 2 aromatic carbocycles. The summed E-state index contributed by atoms with van der Waals surface area (Å²) in [6.45, 7) is 14.6. The normalized spacial score (nSPS) is 10.2. The molecule has 1 unspecified atom stereocenters. The zero-order valence-corrected chi connectivity index (χ0v) is 19.4. The van der Waals surface area contributed by atoms with Gasteiger partial charge < -0.3 is 4.90 Å². The number of rotatable bonds is 5. The van der Waals surface area contributed by atoms with Crippen LogP contribution in [0.25, 0.3) is 5.57 Å². The van der Waals surface area contributed by atoms with Crippen molar-refractivity contribution in [1.82, 2.24) is 4.90 Å². The summed E-state index contributed by atoms with van der Waals surface area (Å²) in [4.78, 5) is 5.79. The van der Waals surface area contributed by atoms with Gasteiger partial charge >= 0.3 is 0 Å². The average molecular weight is 388 g/mol. The highest BCUT2D eigenvalue weighted by Crippen LogP contribution is 2.29. The second-order valence-electron chi connectivity index (χ2n) is 5.85. The van der Waals surface area contributed by atoms with Gasteiger partial charge in [0.15, 0.2) is 0 Å². The van der Waals surface area contributed by atoms with Crippen LogP contribution in [0.15, 0.2) is 66.2 Å². The van der Waals surface area contributed by atoms with Gasteiger partial charge in [-0.25, -0.2) is 4.89 Å². The fourth-order valence-corrected chi connectivity index (χ4v) is 2.43. The number of likely N-dealkylation sites (N-methyl/N-ethyl adjacent to an activating group) is 1. The van der Waals surface area contributed by atoms with Gasteiger partial charge in [-0.05, 0) is 57.1 Å². The number of hydrogen-bond acceptors (Lipinski definition) is 3. The summed E-state index contributed by atoms with van der Waals surface area (Å²) < 4.78 is 0. The zero-order valence-electron chi connectivity index (χ0n) is 19.4. The predicted molar refractivity (Wildman–Crippen MR) is 125 cm³/mol. The molecule has 1 N–H and O–H groups in total. The van der Waals surface area contributed by atoms with Crippen LogP contribution < -0.4 is 0 Å². The highest BCUT2D eigenvalue weighted by Gasteiger charge is 2.14. The van der Waals surface area contributed by atoms with Gasteiger partial charge in [0.25, 0.3) is 0 Å². The summed E-state index contributed by atoms with van der Waals surface area (Å²) in [6, 6.07) is 21.7. The van der Waals surface area contributed by atoms with E-state index in [0.717, 1.165) is 0 Å². The van der Waals surface area contributed by atoms with Gasteiger partial charge in [-0.15, -0.1) is 0 Å². The van der Waals surface area contributed by atoms with Gasteiger partial charge in [0.05, 0.1) is 6.61 Å². The van der Waals surface area contributed by atoms with E-state index in [1.54, 1.807) is 6.92 Å². The summed E-state index contributed by atoms with van der Waals surface area (Å²) in [7, 11) is 4.25. The molecule has 0 bridgehead atoms. The van der Waals surface area contributed by atoms with Crippen molar-refractivity contribution in [2.75, 3.05) is 20.7 Å². The molecule has 3 heteroatoms. The first-order valence-electron chi connectivity index (χ1n) is 10.3. The average Bonchev–Trinajstić information content (AvgIpc) is 2.77. The second-order valence-corrected chi connectivity index (χ2v) is 5.85. The molecule has 3 nitrogen and oxygen atoms in total. The Labute approximate surface area is 173 Å². The lowest BCUT2D eigenvalue weighted by atomic mass is 9.90. The van der Waals surface area contributed by atoms with Crippen molar-refractivity contribution in [3.63, 3.8) is 0 Å². The molecule has 0 spiro atoms. The Hall–Kier alpha value is -1.94. The van der Waals surface area contributed by atoms with Gasteiger partial charge in [0.2, 0.25) is 0 Å². The molecular weight excluding hydrogens is 346 g/mol. The molecule has 0 heterocycles. The van der Waals surface area contributed by atoms with E-state index in [9.17, 15) is 0 Å². The van der Waals surface area contributed by atoms with Crippen molar-refractivity contribution in [2.24, 2.45) is 0 Å². The van der Waals surface area contributed by atoms with E-state index in [-0.39, 0.29) is 0 Å². The number of nitrogens with zero attached hydrogens (tertiary/aromatic N) is 1. The number of benzene rings is 2. The molecule has 0 amide bonds. The van der Waals surface area contributed by atoms with Gasteiger partial charge in [-0.1, -0.05) is 88.4 Å². The van der Waals surface area contributed by atoms with Crippen LogP contribution in [0.3, 0.4) is 0 Å². The van der Waals surface area contributed by atoms with E-state index < -0.39 is 0 Å². The second kappa shape index (κ2) is 18.4. The van der Waals surface area contributed by atoms with E-state index in [4.69, 9.17) is 5.26 Å². The minimum absolute atomic E-state index is 0.375. The standard InChI is InChI=1S/C19H23N.C2H6O2.2C2H6/c1-15(16(2)20(3)4)19(17-11-7-5-8-12-17)18-13-9-6-10-14-18;1-2-4-3;2*1-2/h5-14,16H,1-4H3;3H,2H2,1H3;2*1-2H3. The highest BCUT2D eigenvalue weighted by atomic mass is 17.1. The first kappa shape index (κ1) is 28.3. The lowest BCUT2D eigenvalue weighted by Gasteiger charge is -2.24. The maximum absolute atomic E-state index is 7.38. The Morgan fingerprint density at radius 1 is 0.857 bits per heavy atom. The summed E-state index contributed by atoms with van der Waals surface area (Å²) in [5.74, 6) is 0. The summed E-state index contributed by atoms with van der Waals surface area (Å²) in [5, 5.41) is 7.38. The first-order chi connectivity index (χ1) is 13.5. The van der Waals surface area contributed by atoms with Crippen LogP contribution in [0.4, 0.5) is 0 Å². The topological polar surface area (TPSA) is 32.7 Å². The molecule has 28 heavy (non-hydrogen) atoms. The molecular formula is C25H41NO2. The van der Waals surface area contributed by atoms with Crippen molar-refractivity contribution < 1.29 is 10.1 Å². The third-order valence-corrected chi connectivity index (χ3v) is 4.05. The Balaban J connectivity index is 0. The van der Waals surface area contributed by atoms with Crippen LogP contribution in [0, 0.1) is 0 Å². The fourth-order valence-electron chi connectivity index (χ4n) is 2.43. The molecule has 0 aliphatic heterocycles. The van der Waals surface area contributed by atoms with Crippen LogP contribution in [-0.2, 0) is 4.89 Å².